The van der Waals surface area contributed by atoms with Crippen molar-refractivity contribution in [1.29, 1.82) is 0 Å². The Hall–Kier alpha value is -2.83. The minimum atomic E-state index is -4.49. The number of nitrogens with zero attached hydrogens (tertiary/aromatic N) is 4. The average Bonchev–Trinajstić information content (AvgIpc) is 3.68. The number of carbonyl (C=O) groups excluding carboxylic acids is 1. The number of aryl methyl sites for hydroxylation is 1. The van der Waals surface area contributed by atoms with E-state index >= 15 is 0 Å². The zero-order chi connectivity index (χ0) is 27.9. The predicted molar refractivity (Wildman–Crippen MR) is 144 cm³/mol. The van der Waals surface area contributed by atoms with Crippen LogP contribution in [0.2, 0.25) is 0 Å². The van der Waals surface area contributed by atoms with Crippen molar-refractivity contribution in [2.24, 2.45) is 5.92 Å². The van der Waals surface area contributed by atoms with Gasteiger partial charge in [-0.1, -0.05) is 0 Å². The molecule has 0 saturated carbocycles. The first-order valence-corrected chi connectivity index (χ1v) is 14.4. The Balaban J connectivity index is 1.14. The third-order valence-electron chi connectivity index (χ3n) is 8.09. The van der Waals surface area contributed by atoms with E-state index in [-0.39, 0.29) is 39.9 Å². The molecule has 0 amide bonds. The van der Waals surface area contributed by atoms with E-state index in [2.05, 4.69) is 25.2 Å². The second kappa shape index (κ2) is 11.2. The molecule has 2 aliphatic heterocycles. The summed E-state index contributed by atoms with van der Waals surface area (Å²) in [4.78, 5) is 27.6. The van der Waals surface area contributed by atoms with Gasteiger partial charge in [-0.3, -0.25) is 9.69 Å². The van der Waals surface area contributed by atoms with E-state index in [0.717, 1.165) is 62.2 Å². The van der Waals surface area contributed by atoms with Crippen molar-refractivity contribution < 1.29 is 27.1 Å². The smallest absolute Gasteiger partial charge is 0.380 e. The summed E-state index contributed by atoms with van der Waals surface area (Å²) in [6.45, 7) is 3.02. The number of aromatic nitrogens is 3. The van der Waals surface area contributed by atoms with Crippen LogP contribution in [0.4, 0.5) is 23.4 Å². The van der Waals surface area contributed by atoms with Crippen LogP contribution in [-0.2, 0) is 22.1 Å². The lowest BCUT2D eigenvalue weighted by Gasteiger charge is -2.23. The number of ether oxygens (including phenoxy) is 1. The van der Waals surface area contributed by atoms with Gasteiger partial charge in [0.15, 0.2) is 5.78 Å². The molecule has 0 radical (unpaired) electrons. The van der Waals surface area contributed by atoms with Crippen LogP contribution in [0, 0.1) is 11.9 Å². The predicted octanol–water partition coefficient (Wildman–Crippen LogP) is 5.06. The Morgan fingerprint density at radius 3 is 2.83 bits per heavy atom. The number of fused-ring (bicyclic) bond motifs is 2. The van der Waals surface area contributed by atoms with E-state index in [1.165, 1.54) is 18.5 Å². The van der Waals surface area contributed by atoms with E-state index in [0.29, 0.717) is 24.6 Å². The van der Waals surface area contributed by atoms with Crippen molar-refractivity contribution >= 4 is 34.3 Å². The van der Waals surface area contributed by atoms with Gasteiger partial charge in [-0.15, -0.1) is 11.8 Å². The van der Waals surface area contributed by atoms with E-state index in [1.54, 1.807) is 6.20 Å². The molecule has 3 aliphatic rings. The molecule has 0 spiro atoms. The molecular weight excluding hydrogens is 546 g/mol. The molecule has 1 N–H and O–H groups in total. The highest BCUT2D eigenvalue weighted by Gasteiger charge is 2.40. The van der Waals surface area contributed by atoms with Crippen molar-refractivity contribution in [2.75, 3.05) is 38.2 Å². The molecule has 1 aromatic carbocycles. The zero-order valence-corrected chi connectivity index (χ0v) is 22.5. The summed E-state index contributed by atoms with van der Waals surface area (Å²) in [5, 5.41) is 3.60. The van der Waals surface area contributed by atoms with Crippen LogP contribution >= 0.6 is 11.8 Å². The van der Waals surface area contributed by atoms with Crippen molar-refractivity contribution in [1.82, 2.24) is 19.9 Å². The van der Waals surface area contributed by atoms with Gasteiger partial charge in [-0.05, 0) is 60.6 Å². The number of ketones is 1. The summed E-state index contributed by atoms with van der Waals surface area (Å²) in [5.74, 6) is -0.181. The Morgan fingerprint density at radius 2 is 2.02 bits per heavy atom. The summed E-state index contributed by atoms with van der Waals surface area (Å²) in [7, 11) is 0. The fourth-order valence-corrected chi connectivity index (χ4v) is 7.75. The highest BCUT2D eigenvalue weighted by molar-refractivity contribution is 8.00. The maximum atomic E-state index is 13.6. The number of halogens is 4. The standard InChI is InChI=1S/C28H29F4N5O2S/c29-26-8-16-1-4-24(22(16)11-33-26)40-25-13-37(19-5-6-39-14-19)12-17(25)7-20(38)10-34-27-21-9-18(28(30,31)32)2-3-23(21)35-15-36-27/h2-3,8-9,11,15,17,19,24-25H,1,4-7,10,12-14H2,(H,34,35,36)/t17?,19?,24?,25-/m0/s1. The molecular formula is C28H29F4N5O2S. The monoisotopic (exact) mass is 575 g/mol. The van der Waals surface area contributed by atoms with E-state index in [9.17, 15) is 22.4 Å². The maximum Gasteiger partial charge on any atom is 0.416 e. The third-order valence-corrected chi connectivity index (χ3v) is 9.79. The molecule has 3 aromatic rings. The van der Waals surface area contributed by atoms with Crippen molar-refractivity contribution in [2.45, 2.75) is 48.4 Å². The van der Waals surface area contributed by atoms with Gasteiger partial charge in [0, 0.05) is 54.2 Å². The third kappa shape index (κ3) is 5.80. The van der Waals surface area contributed by atoms with Gasteiger partial charge in [0.2, 0.25) is 5.95 Å². The molecule has 2 saturated heterocycles. The summed E-state index contributed by atoms with van der Waals surface area (Å²) in [6, 6.07) is 5.16. The largest absolute Gasteiger partial charge is 0.416 e. The van der Waals surface area contributed by atoms with Gasteiger partial charge < -0.3 is 10.1 Å². The van der Waals surface area contributed by atoms with E-state index in [1.807, 2.05) is 11.8 Å². The number of pyridine rings is 1. The number of likely N-dealkylation sites (tertiary alicyclic amines) is 1. The highest BCUT2D eigenvalue weighted by Crippen LogP contribution is 2.47. The highest BCUT2D eigenvalue weighted by atomic mass is 32.2. The summed E-state index contributed by atoms with van der Waals surface area (Å²) in [5.41, 5.74) is 1.66. The molecule has 3 unspecified atom stereocenters. The van der Waals surface area contributed by atoms with Gasteiger partial charge in [-0.2, -0.15) is 17.6 Å². The summed E-state index contributed by atoms with van der Waals surface area (Å²) >= 11 is 1.85. The molecule has 4 atom stereocenters. The Morgan fingerprint density at radius 1 is 1.15 bits per heavy atom. The van der Waals surface area contributed by atoms with Gasteiger partial charge >= 0.3 is 6.18 Å². The fraction of sp³-hybridized carbons (Fsp3) is 0.500. The number of thioether (sulfide) groups is 1. The van der Waals surface area contributed by atoms with Gasteiger partial charge in [-0.25, -0.2) is 15.0 Å². The first-order chi connectivity index (χ1) is 19.2. The fourth-order valence-electron chi connectivity index (χ4n) is 6.03. The summed E-state index contributed by atoms with van der Waals surface area (Å²) in [6.07, 6.45) is 1.46. The second-order valence-corrected chi connectivity index (χ2v) is 12.1. The maximum absolute atomic E-state index is 13.6. The number of benzene rings is 1. The average molecular weight is 576 g/mol. The Bertz CT molecular complexity index is 1400. The molecule has 7 nitrogen and oxygen atoms in total. The first-order valence-electron chi connectivity index (χ1n) is 13.4. The second-order valence-electron chi connectivity index (χ2n) is 10.7. The van der Waals surface area contributed by atoms with Gasteiger partial charge in [0.25, 0.3) is 0 Å². The number of carbonyl (C=O) groups is 1. The van der Waals surface area contributed by atoms with Gasteiger partial charge in [0.1, 0.15) is 12.1 Å². The van der Waals surface area contributed by atoms with Crippen LogP contribution in [0.15, 0.2) is 36.8 Å². The van der Waals surface area contributed by atoms with Gasteiger partial charge in [0.05, 0.1) is 24.2 Å². The molecule has 4 heterocycles. The number of Topliss-reactive ketones (excluding diaryl/α,β-unsaturated/α-hetero) is 1. The quantitative estimate of drug-likeness (QED) is 0.295. The molecule has 212 valence electrons. The van der Waals surface area contributed by atoms with Crippen molar-refractivity contribution in [3.05, 3.63) is 59.4 Å². The molecule has 1 aliphatic carbocycles. The number of hydrogen-bond donors (Lipinski definition) is 1. The Kier molecular flexibility index (Phi) is 7.66. The Labute approximate surface area is 233 Å². The topological polar surface area (TPSA) is 80.2 Å². The summed E-state index contributed by atoms with van der Waals surface area (Å²) < 4.78 is 59.0. The molecule has 40 heavy (non-hydrogen) atoms. The van der Waals surface area contributed by atoms with Crippen LogP contribution in [0.5, 0.6) is 0 Å². The first kappa shape index (κ1) is 27.3. The lowest BCUT2D eigenvalue weighted by atomic mass is 10.0. The lowest BCUT2D eigenvalue weighted by Crippen LogP contribution is -2.34. The van der Waals surface area contributed by atoms with Crippen molar-refractivity contribution in [3.8, 4) is 0 Å². The van der Waals surface area contributed by atoms with E-state index in [4.69, 9.17) is 4.74 Å². The van der Waals surface area contributed by atoms with Crippen LogP contribution < -0.4 is 5.32 Å². The normalized spacial score (nSPS) is 25.0. The number of anilines is 1. The minimum absolute atomic E-state index is 0.0329. The molecule has 6 rings (SSSR count). The number of hydrogen-bond acceptors (Lipinski definition) is 8. The number of rotatable bonds is 8. The van der Waals surface area contributed by atoms with Crippen LogP contribution in [0.3, 0.4) is 0 Å². The number of alkyl halides is 3. The minimum Gasteiger partial charge on any atom is -0.380 e. The SMILES string of the molecule is O=C(CNc1ncnc2ccc(C(F)(F)F)cc12)CC1CN(C2CCOC2)C[C@@H]1SC1CCc2cc(F)ncc21. The van der Waals surface area contributed by atoms with E-state index < -0.39 is 17.7 Å². The van der Waals surface area contributed by atoms with Crippen LogP contribution in [0.25, 0.3) is 10.9 Å². The van der Waals surface area contributed by atoms with Crippen LogP contribution in [0.1, 0.15) is 41.2 Å². The molecule has 2 aromatic heterocycles. The molecule has 0 bridgehead atoms. The number of nitrogens with one attached hydrogen (secondary N) is 1. The molecule has 12 heteroatoms. The molecule has 2 fully saturated rings. The van der Waals surface area contributed by atoms with Crippen LogP contribution in [-0.4, -0.2) is 69.8 Å². The lowest BCUT2D eigenvalue weighted by molar-refractivity contribution is -0.137. The zero-order valence-electron chi connectivity index (χ0n) is 21.7. The van der Waals surface area contributed by atoms with Crippen molar-refractivity contribution in [3.63, 3.8) is 0 Å².